The second kappa shape index (κ2) is 6.53. The highest BCUT2D eigenvalue weighted by Gasteiger charge is 2.47. The van der Waals surface area contributed by atoms with Crippen molar-refractivity contribution in [2.24, 2.45) is 11.8 Å². The summed E-state index contributed by atoms with van der Waals surface area (Å²) >= 11 is 0. The highest BCUT2D eigenvalue weighted by Crippen LogP contribution is 2.43. The molecule has 1 amide bonds. The maximum atomic E-state index is 13.7. The van der Waals surface area contributed by atoms with E-state index in [0.717, 1.165) is 18.7 Å². The Bertz CT molecular complexity index is 751. The normalized spacial score (nSPS) is 25.4. The molecule has 1 N–H and O–H groups in total. The molecule has 2 aliphatic heterocycles. The van der Waals surface area contributed by atoms with Crippen LogP contribution in [0.2, 0.25) is 0 Å². The molecule has 7 heteroatoms. The summed E-state index contributed by atoms with van der Waals surface area (Å²) in [5.41, 5.74) is 1.16. The monoisotopic (exact) mass is 351 g/mol. The molecule has 1 aromatic heterocycles. The number of fused-ring (bicyclic) bond motifs is 1. The zero-order valence-electron chi connectivity index (χ0n) is 13.2. The molecule has 3 heterocycles. The van der Waals surface area contributed by atoms with Crippen LogP contribution in [0.1, 0.15) is 28.0 Å². The smallest absolute Gasteiger partial charge is 0.276 e. The molecular formula is C17H19ClFN3O2. The highest BCUT2D eigenvalue weighted by atomic mass is 35.5. The lowest BCUT2D eigenvalue weighted by molar-refractivity contribution is 0.0707. The number of oxazole rings is 1. The van der Waals surface area contributed by atoms with Crippen molar-refractivity contribution in [3.63, 3.8) is 0 Å². The molecule has 0 saturated carbocycles. The summed E-state index contributed by atoms with van der Waals surface area (Å²) in [6.45, 7) is 4.10. The first-order valence-corrected chi connectivity index (χ1v) is 7.83. The van der Waals surface area contributed by atoms with Crippen LogP contribution in [0, 0.1) is 24.6 Å². The lowest BCUT2D eigenvalue weighted by Gasteiger charge is -2.27. The molecule has 5 nitrogen and oxygen atoms in total. The predicted octanol–water partition coefficient (Wildman–Crippen LogP) is 2.58. The molecule has 2 aliphatic rings. The standard InChI is InChI=1S/C17H18FN3O2.ClH/c1-10-20-15(9-23-10)17(22)21-8-12-6-19-7-14(12)16(21)11-3-2-4-13(18)5-11;/h2-5,9,12,14,16,19H,6-8H2,1H3;1H/t12-,14-,16+;/m0./s1. The molecule has 1 aromatic carbocycles. The Balaban J connectivity index is 0.00000169. The Labute approximate surface area is 145 Å². The van der Waals surface area contributed by atoms with Crippen molar-refractivity contribution in [3.05, 3.63) is 53.5 Å². The van der Waals surface area contributed by atoms with Crippen LogP contribution < -0.4 is 5.32 Å². The van der Waals surface area contributed by atoms with E-state index in [2.05, 4.69) is 10.3 Å². The number of amides is 1. The molecule has 0 spiro atoms. The van der Waals surface area contributed by atoms with Crippen LogP contribution in [0.3, 0.4) is 0 Å². The van der Waals surface area contributed by atoms with E-state index < -0.39 is 0 Å². The number of nitrogens with one attached hydrogen (secondary N) is 1. The third-order valence-electron chi connectivity index (χ3n) is 4.85. The number of hydrogen-bond donors (Lipinski definition) is 1. The van der Waals surface area contributed by atoms with Gasteiger partial charge in [0.05, 0.1) is 6.04 Å². The number of carbonyl (C=O) groups is 1. The first-order valence-electron chi connectivity index (χ1n) is 7.83. The quantitative estimate of drug-likeness (QED) is 0.903. The number of likely N-dealkylation sites (tertiary alicyclic amines) is 1. The van der Waals surface area contributed by atoms with Gasteiger partial charge in [-0.3, -0.25) is 4.79 Å². The number of hydrogen-bond acceptors (Lipinski definition) is 4. The van der Waals surface area contributed by atoms with Crippen LogP contribution in [0.25, 0.3) is 0 Å². The molecule has 128 valence electrons. The highest BCUT2D eigenvalue weighted by molar-refractivity contribution is 5.92. The van der Waals surface area contributed by atoms with Crippen molar-refractivity contribution >= 4 is 18.3 Å². The van der Waals surface area contributed by atoms with Gasteiger partial charge in [0.15, 0.2) is 11.6 Å². The van der Waals surface area contributed by atoms with E-state index >= 15 is 0 Å². The number of rotatable bonds is 2. The molecule has 24 heavy (non-hydrogen) atoms. The average Bonchev–Trinajstić information content (AvgIpc) is 3.21. The number of halogens is 2. The van der Waals surface area contributed by atoms with Gasteiger partial charge in [-0.1, -0.05) is 12.1 Å². The van der Waals surface area contributed by atoms with Gasteiger partial charge in [0.2, 0.25) is 0 Å². The Morgan fingerprint density at radius 3 is 2.96 bits per heavy atom. The van der Waals surface area contributed by atoms with Crippen LogP contribution in [0.5, 0.6) is 0 Å². The van der Waals surface area contributed by atoms with Gasteiger partial charge < -0.3 is 14.6 Å². The maximum absolute atomic E-state index is 13.7. The molecule has 4 rings (SSSR count). The zero-order chi connectivity index (χ0) is 16.0. The minimum Gasteiger partial charge on any atom is -0.448 e. The molecule has 2 saturated heterocycles. The van der Waals surface area contributed by atoms with E-state index in [1.165, 1.54) is 18.4 Å². The second-order valence-corrected chi connectivity index (χ2v) is 6.29. The number of benzene rings is 1. The molecule has 3 atom stereocenters. The first kappa shape index (κ1) is 16.9. The number of nitrogens with zero attached hydrogens (tertiary/aromatic N) is 2. The minimum absolute atomic E-state index is 0. The van der Waals surface area contributed by atoms with Crippen LogP contribution in [-0.2, 0) is 0 Å². The van der Waals surface area contributed by atoms with Gasteiger partial charge in [-0.15, -0.1) is 12.4 Å². The van der Waals surface area contributed by atoms with E-state index in [9.17, 15) is 9.18 Å². The van der Waals surface area contributed by atoms with Crippen molar-refractivity contribution in [2.75, 3.05) is 19.6 Å². The molecule has 0 radical (unpaired) electrons. The average molecular weight is 352 g/mol. The van der Waals surface area contributed by atoms with Crippen LogP contribution in [-0.4, -0.2) is 35.4 Å². The van der Waals surface area contributed by atoms with Gasteiger partial charge in [0.25, 0.3) is 5.91 Å². The Morgan fingerprint density at radius 2 is 2.25 bits per heavy atom. The van der Waals surface area contributed by atoms with Gasteiger partial charge in [0, 0.05) is 32.5 Å². The minimum atomic E-state index is -0.276. The summed E-state index contributed by atoms with van der Waals surface area (Å²) in [6.07, 6.45) is 1.40. The first-order chi connectivity index (χ1) is 11.1. The largest absolute Gasteiger partial charge is 0.448 e. The SMILES string of the molecule is Cc1nc(C(=O)N2C[C@@H]3CNC[C@@H]3[C@H]2c2cccc(F)c2)co1.Cl. The Hall–Kier alpha value is -1.92. The molecular weight excluding hydrogens is 333 g/mol. The van der Waals surface area contributed by atoms with Crippen LogP contribution >= 0.6 is 12.4 Å². The maximum Gasteiger partial charge on any atom is 0.276 e. The lowest BCUT2D eigenvalue weighted by atomic mass is 9.89. The predicted molar refractivity (Wildman–Crippen MR) is 88.5 cm³/mol. The third kappa shape index (κ3) is 2.80. The summed E-state index contributed by atoms with van der Waals surface area (Å²) in [6, 6.07) is 6.41. The van der Waals surface area contributed by atoms with Gasteiger partial charge >= 0.3 is 0 Å². The van der Waals surface area contributed by atoms with Gasteiger partial charge in [-0.25, -0.2) is 9.37 Å². The van der Waals surface area contributed by atoms with Crippen molar-refractivity contribution in [1.82, 2.24) is 15.2 Å². The molecule has 0 bridgehead atoms. The fourth-order valence-electron chi connectivity index (χ4n) is 3.86. The summed E-state index contributed by atoms with van der Waals surface area (Å²) in [7, 11) is 0. The second-order valence-electron chi connectivity index (χ2n) is 6.29. The van der Waals surface area contributed by atoms with Crippen molar-refractivity contribution in [3.8, 4) is 0 Å². The van der Waals surface area contributed by atoms with Crippen LogP contribution in [0.15, 0.2) is 34.9 Å². The van der Waals surface area contributed by atoms with E-state index in [-0.39, 0.29) is 30.2 Å². The topological polar surface area (TPSA) is 58.4 Å². The summed E-state index contributed by atoms with van der Waals surface area (Å²) in [5.74, 6) is 0.734. The van der Waals surface area contributed by atoms with Crippen molar-refractivity contribution < 1.29 is 13.6 Å². The van der Waals surface area contributed by atoms with Gasteiger partial charge in [-0.2, -0.15) is 0 Å². The molecule has 2 fully saturated rings. The van der Waals surface area contributed by atoms with E-state index in [4.69, 9.17) is 4.42 Å². The van der Waals surface area contributed by atoms with Gasteiger partial charge in [-0.05, 0) is 23.6 Å². The fourth-order valence-corrected chi connectivity index (χ4v) is 3.86. The fraction of sp³-hybridized carbons (Fsp3) is 0.412. The zero-order valence-corrected chi connectivity index (χ0v) is 14.1. The molecule has 0 unspecified atom stereocenters. The van der Waals surface area contributed by atoms with E-state index in [0.29, 0.717) is 30.0 Å². The number of aryl methyl sites for hydroxylation is 1. The van der Waals surface area contributed by atoms with Crippen molar-refractivity contribution in [1.29, 1.82) is 0 Å². The van der Waals surface area contributed by atoms with Gasteiger partial charge in [0.1, 0.15) is 12.1 Å². The third-order valence-corrected chi connectivity index (χ3v) is 4.85. The molecule has 2 aromatic rings. The molecule has 0 aliphatic carbocycles. The van der Waals surface area contributed by atoms with Crippen LogP contribution in [0.4, 0.5) is 4.39 Å². The summed E-state index contributed by atoms with van der Waals surface area (Å²) in [4.78, 5) is 18.8. The van der Waals surface area contributed by atoms with E-state index in [1.54, 1.807) is 13.0 Å². The summed E-state index contributed by atoms with van der Waals surface area (Å²) < 4.78 is 18.8. The van der Waals surface area contributed by atoms with E-state index in [1.807, 2.05) is 11.0 Å². The number of aromatic nitrogens is 1. The summed E-state index contributed by atoms with van der Waals surface area (Å²) in [5, 5.41) is 3.38. The lowest BCUT2D eigenvalue weighted by Crippen LogP contribution is -2.35. The Kier molecular flexibility index (Phi) is 4.60. The van der Waals surface area contributed by atoms with Crippen molar-refractivity contribution in [2.45, 2.75) is 13.0 Å². The number of carbonyl (C=O) groups excluding carboxylic acids is 1. The Morgan fingerprint density at radius 1 is 1.42 bits per heavy atom.